The summed E-state index contributed by atoms with van der Waals surface area (Å²) in [5.74, 6) is -0.536. The Balaban J connectivity index is 1.92. The van der Waals surface area contributed by atoms with Crippen molar-refractivity contribution in [2.24, 2.45) is 0 Å². The topological polar surface area (TPSA) is 70.2 Å². The molecule has 3 N–H and O–H groups in total. The number of benzene rings is 2. The van der Waals surface area contributed by atoms with E-state index < -0.39 is 0 Å². The van der Waals surface area contributed by atoms with Crippen molar-refractivity contribution in [1.82, 2.24) is 10.6 Å². The first-order chi connectivity index (χ1) is 12.8. The molecule has 0 radical (unpaired) electrons. The summed E-state index contributed by atoms with van der Waals surface area (Å²) in [6.45, 7) is 3.78. The summed E-state index contributed by atoms with van der Waals surface area (Å²) in [5, 5.41) is 9.05. The zero-order chi connectivity index (χ0) is 19.8. The summed E-state index contributed by atoms with van der Waals surface area (Å²) in [5.41, 5.74) is 1.96. The van der Waals surface area contributed by atoms with Crippen LogP contribution in [0.15, 0.2) is 54.6 Å². The number of amides is 2. The van der Waals surface area contributed by atoms with Gasteiger partial charge in [0.25, 0.3) is 5.91 Å². The van der Waals surface area contributed by atoms with E-state index in [1.165, 1.54) is 6.08 Å². The smallest absolute Gasteiger partial charge is 0.251 e. The SMILES string of the molecule is CC(C)NC(=O)c1cccc(NC(=S)NC(=O)/C=C/c2ccc(Cl)cc2)c1. The van der Waals surface area contributed by atoms with Crippen LogP contribution < -0.4 is 16.0 Å². The number of rotatable bonds is 5. The fourth-order valence-electron chi connectivity index (χ4n) is 2.15. The van der Waals surface area contributed by atoms with E-state index in [2.05, 4.69) is 16.0 Å². The summed E-state index contributed by atoms with van der Waals surface area (Å²) in [6.07, 6.45) is 3.04. The molecule has 27 heavy (non-hydrogen) atoms. The van der Waals surface area contributed by atoms with E-state index in [1.807, 2.05) is 13.8 Å². The Morgan fingerprint density at radius 2 is 1.81 bits per heavy atom. The monoisotopic (exact) mass is 401 g/mol. The molecule has 5 nitrogen and oxygen atoms in total. The molecule has 0 unspecified atom stereocenters. The van der Waals surface area contributed by atoms with E-state index in [0.717, 1.165) is 5.56 Å². The Hall–Kier alpha value is -2.70. The molecule has 0 spiro atoms. The average Bonchev–Trinajstić information content (AvgIpc) is 2.60. The third kappa shape index (κ3) is 7.21. The van der Waals surface area contributed by atoms with Crippen molar-refractivity contribution >= 4 is 52.5 Å². The van der Waals surface area contributed by atoms with E-state index in [-0.39, 0.29) is 23.0 Å². The molecule has 0 atom stereocenters. The minimum Gasteiger partial charge on any atom is -0.350 e. The van der Waals surface area contributed by atoms with Gasteiger partial charge >= 0.3 is 0 Å². The molecule has 0 aliphatic heterocycles. The Kier molecular flexibility index (Phi) is 7.52. The largest absolute Gasteiger partial charge is 0.350 e. The Labute approximate surface area is 168 Å². The van der Waals surface area contributed by atoms with Crippen LogP contribution in [0, 0.1) is 0 Å². The van der Waals surface area contributed by atoms with Crippen molar-refractivity contribution in [2.45, 2.75) is 19.9 Å². The second-order valence-corrected chi connectivity index (χ2v) is 6.88. The summed E-state index contributed by atoms with van der Waals surface area (Å²) in [6, 6.07) is 14.0. The molecule has 0 fully saturated rings. The highest BCUT2D eigenvalue weighted by Gasteiger charge is 2.08. The van der Waals surface area contributed by atoms with Crippen LogP contribution in [-0.2, 0) is 4.79 Å². The van der Waals surface area contributed by atoms with Crippen LogP contribution in [0.25, 0.3) is 6.08 Å². The second kappa shape index (κ2) is 9.85. The van der Waals surface area contributed by atoms with E-state index in [9.17, 15) is 9.59 Å². The van der Waals surface area contributed by atoms with Gasteiger partial charge in [-0.15, -0.1) is 0 Å². The predicted molar refractivity (Wildman–Crippen MR) is 114 cm³/mol. The van der Waals surface area contributed by atoms with Crippen molar-refractivity contribution in [3.63, 3.8) is 0 Å². The van der Waals surface area contributed by atoms with Gasteiger partial charge in [-0.25, -0.2) is 0 Å². The van der Waals surface area contributed by atoms with Crippen LogP contribution in [-0.4, -0.2) is 23.0 Å². The van der Waals surface area contributed by atoms with E-state index in [0.29, 0.717) is 16.3 Å². The van der Waals surface area contributed by atoms with Gasteiger partial charge < -0.3 is 10.6 Å². The fraction of sp³-hybridized carbons (Fsp3) is 0.150. The quantitative estimate of drug-likeness (QED) is 0.523. The summed E-state index contributed by atoms with van der Waals surface area (Å²) in [7, 11) is 0. The molecule has 0 aromatic heterocycles. The lowest BCUT2D eigenvalue weighted by Gasteiger charge is -2.11. The molecule has 0 bridgehead atoms. The molecule has 0 saturated heterocycles. The maximum Gasteiger partial charge on any atom is 0.251 e. The first-order valence-corrected chi connectivity index (χ1v) is 9.08. The molecule has 0 aliphatic carbocycles. The molecule has 0 aliphatic rings. The number of carbonyl (C=O) groups excluding carboxylic acids is 2. The van der Waals surface area contributed by atoms with Crippen LogP contribution in [0.5, 0.6) is 0 Å². The molecule has 2 rings (SSSR count). The summed E-state index contributed by atoms with van der Waals surface area (Å²) < 4.78 is 0. The van der Waals surface area contributed by atoms with Gasteiger partial charge in [0.2, 0.25) is 5.91 Å². The highest BCUT2D eigenvalue weighted by molar-refractivity contribution is 7.80. The van der Waals surface area contributed by atoms with Gasteiger partial charge in [-0.05, 0) is 68.0 Å². The van der Waals surface area contributed by atoms with Crippen LogP contribution in [0.2, 0.25) is 5.02 Å². The van der Waals surface area contributed by atoms with E-state index in [4.69, 9.17) is 23.8 Å². The lowest BCUT2D eigenvalue weighted by atomic mass is 10.2. The third-order valence-corrected chi connectivity index (χ3v) is 3.79. The Bertz CT molecular complexity index is 864. The molecular weight excluding hydrogens is 382 g/mol. The van der Waals surface area contributed by atoms with Crippen molar-refractivity contribution in [3.8, 4) is 0 Å². The van der Waals surface area contributed by atoms with Crippen molar-refractivity contribution < 1.29 is 9.59 Å². The Morgan fingerprint density at radius 3 is 2.48 bits per heavy atom. The van der Waals surface area contributed by atoms with Crippen LogP contribution in [0.1, 0.15) is 29.8 Å². The van der Waals surface area contributed by atoms with E-state index in [1.54, 1.807) is 54.6 Å². The minimum atomic E-state index is -0.365. The lowest BCUT2D eigenvalue weighted by molar-refractivity contribution is -0.115. The zero-order valence-corrected chi connectivity index (χ0v) is 16.5. The molecular formula is C20H20ClN3O2S. The normalized spacial score (nSPS) is 10.7. The third-order valence-electron chi connectivity index (χ3n) is 3.34. The zero-order valence-electron chi connectivity index (χ0n) is 15.0. The second-order valence-electron chi connectivity index (χ2n) is 6.04. The first kappa shape index (κ1) is 20.6. The van der Waals surface area contributed by atoms with Crippen LogP contribution >= 0.6 is 23.8 Å². The summed E-state index contributed by atoms with van der Waals surface area (Å²) >= 11 is 11.0. The number of anilines is 1. The molecule has 0 saturated carbocycles. The number of hydrogen-bond donors (Lipinski definition) is 3. The molecule has 140 valence electrons. The molecule has 0 heterocycles. The first-order valence-electron chi connectivity index (χ1n) is 8.30. The van der Waals surface area contributed by atoms with Crippen molar-refractivity contribution in [1.29, 1.82) is 0 Å². The predicted octanol–water partition coefficient (Wildman–Crippen LogP) is 4.00. The lowest BCUT2D eigenvalue weighted by Crippen LogP contribution is -2.33. The van der Waals surface area contributed by atoms with E-state index >= 15 is 0 Å². The average molecular weight is 402 g/mol. The van der Waals surface area contributed by atoms with Gasteiger partial charge in [0.05, 0.1) is 0 Å². The molecule has 2 aromatic carbocycles. The van der Waals surface area contributed by atoms with Crippen molar-refractivity contribution in [3.05, 3.63) is 70.8 Å². The highest BCUT2D eigenvalue weighted by atomic mass is 35.5. The minimum absolute atomic E-state index is 0.0434. The number of halogens is 1. The summed E-state index contributed by atoms with van der Waals surface area (Å²) in [4.78, 5) is 24.0. The maximum absolute atomic E-state index is 12.1. The maximum atomic E-state index is 12.1. The highest BCUT2D eigenvalue weighted by Crippen LogP contribution is 2.12. The molecule has 2 aromatic rings. The fourth-order valence-corrected chi connectivity index (χ4v) is 2.49. The van der Waals surface area contributed by atoms with Crippen molar-refractivity contribution in [2.75, 3.05) is 5.32 Å². The van der Waals surface area contributed by atoms with Crippen LogP contribution in [0.3, 0.4) is 0 Å². The number of hydrogen-bond acceptors (Lipinski definition) is 3. The number of carbonyl (C=O) groups is 2. The Morgan fingerprint density at radius 1 is 1.11 bits per heavy atom. The van der Waals surface area contributed by atoms with Gasteiger partial charge in [0.1, 0.15) is 0 Å². The van der Waals surface area contributed by atoms with Gasteiger partial charge in [0.15, 0.2) is 5.11 Å². The van der Waals surface area contributed by atoms with Gasteiger partial charge in [-0.1, -0.05) is 29.8 Å². The van der Waals surface area contributed by atoms with Gasteiger partial charge in [-0.2, -0.15) is 0 Å². The van der Waals surface area contributed by atoms with Gasteiger partial charge in [0, 0.05) is 28.4 Å². The molecule has 7 heteroatoms. The number of nitrogens with one attached hydrogen (secondary N) is 3. The van der Waals surface area contributed by atoms with Gasteiger partial charge in [-0.3, -0.25) is 14.9 Å². The standard InChI is InChI=1S/C20H20ClN3O2S/c1-13(2)22-19(26)15-4-3-5-17(12-15)23-20(27)24-18(25)11-8-14-6-9-16(21)10-7-14/h3-13H,1-2H3,(H,22,26)(H2,23,24,25,27)/b11-8+. The molecule has 2 amide bonds. The van der Waals surface area contributed by atoms with Crippen LogP contribution in [0.4, 0.5) is 5.69 Å². The number of thiocarbonyl (C=S) groups is 1.